The van der Waals surface area contributed by atoms with E-state index in [4.69, 9.17) is 9.47 Å². The van der Waals surface area contributed by atoms with Gasteiger partial charge in [0.2, 0.25) is 0 Å². The lowest BCUT2D eigenvalue weighted by molar-refractivity contribution is 0.125. The average Bonchev–Trinajstić information content (AvgIpc) is 2.38. The molecule has 2 rings (SSSR count). The minimum absolute atomic E-state index is 0.00159. The monoisotopic (exact) mass is 250 g/mol. The lowest BCUT2D eigenvalue weighted by Gasteiger charge is -2.28. The van der Waals surface area contributed by atoms with Crippen LogP contribution in [0.1, 0.15) is 38.2 Å². The Labute approximate surface area is 109 Å². The van der Waals surface area contributed by atoms with E-state index in [1.54, 1.807) is 7.11 Å². The summed E-state index contributed by atoms with van der Waals surface area (Å²) in [6, 6.07) is 5.58. The van der Waals surface area contributed by atoms with Gasteiger partial charge in [0.25, 0.3) is 0 Å². The molecule has 1 aliphatic carbocycles. The molecule has 0 spiro atoms. The first-order chi connectivity index (χ1) is 8.72. The van der Waals surface area contributed by atoms with E-state index in [2.05, 4.69) is 6.92 Å². The molecular weight excluding hydrogens is 228 g/mol. The molecule has 3 nitrogen and oxygen atoms in total. The third kappa shape index (κ3) is 3.16. The highest BCUT2D eigenvalue weighted by Gasteiger charge is 2.21. The van der Waals surface area contributed by atoms with Gasteiger partial charge in [-0.3, -0.25) is 0 Å². The Hall–Kier alpha value is -1.22. The van der Waals surface area contributed by atoms with Crippen molar-refractivity contribution in [2.24, 2.45) is 5.92 Å². The number of aliphatic hydroxyl groups is 1. The van der Waals surface area contributed by atoms with Crippen LogP contribution in [-0.2, 0) is 6.61 Å². The molecule has 3 heteroatoms. The summed E-state index contributed by atoms with van der Waals surface area (Å²) < 4.78 is 11.3. The number of hydrogen-bond acceptors (Lipinski definition) is 3. The molecule has 18 heavy (non-hydrogen) atoms. The Morgan fingerprint density at radius 3 is 2.83 bits per heavy atom. The van der Waals surface area contributed by atoms with Crippen LogP contribution < -0.4 is 9.47 Å². The van der Waals surface area contributed by atoms with Gasteiger partial charge < -0.3 is 14.6 Å². The summed E-state index contributed by atoms with van der Waals surface area (Å²) in [6.07, 6.45) is 5.00. The van der Waals surface area contributed by atoms with Crippen molar-refractivity contribution in [3.05, 3.63) is 23.8 Å². The fourth-order valence-corrected chi connectivity index (χ4v) is 2.57. The minimum atomic E-state index is 0.00159. The van der Waals surface area contributed by atoms with Crippen LogP contribution >= 0.6 is 0 Å². The molecule has 0 radical (unpaired) electrons. The van der Waals surface area contributed by atoms with Crippen molar-refractivity contribution >= 4 is 0 Å². The van der Waals surface area contributed by atoms with Crippen molar-refractivity contribution in [1.29, 1.82) is 0 Å². The van der Waals surface area contributed by atoms with E-state index >= 15 is 0 Å². The summed E-state index contributed by atoms with van der Waals surface area (Å²) >= 11 is 0. The lowest BCUT2D eigenvalue weighted by Crippen LogP contribution is -2.24. The summed E-state index contributed by atoms with van der Waals surface area (Å²) in [6.45, 7) is 2.27. The number of ether oxygens (including phenoxy) is 2. The highest BCUT2D eigenvalue weighted by Crippen LogP contribution is 2.31. The number of benzene rings is 1. The van der Waals surface area contributed by atoms with Gasteiger partial charge in [-0.15, -0.1) is 0 Å². The topological polar surface area (TPSA) is 38.7 Å². The summed E-state index contributed by atoms with van der Waals surface area (Å²) in [4.78, 5) is 0. The molecule has 1 aromatic rings. The van der Waals surface area contributed by atoms with Crippen molar-refractivity contribution in [2.75, 3.05) is 7.11 Å². The van der Waals surface area contributed by atoms with Crippen LogP contribution in [0, 0.1) is 5.92 Å². The van der Waals surface area contributed by atoms with Crippen LogP contribution in [0.3, 0.4) is 0 Å². The second-order valence-corrected chi connectivity index (χ2v) is 5.14. The number of hydrogen-bond donors (Lipinski definition) is 1. The predicted octanol–water partition coefficient (Wildman–Crippen LogP) is 3.15. The van der Waals surface area contributed by atoms with Gasteiger partial charge in [0.15, 0.2) is 0 Å². The molecule has 1 aromatic carbocycles. The fraction of sp³-hybridized carbons (Fsp3) is 0.600. The Morgan fingerprint density at radius 2 is 2.17 bits per heavy atom. The summed E-state index contributed by atoms with van der Waals surface area (Å²) in [5.74, 6) is 2.26. The van der Waals surface area contributed by atoms with Gasteiger partial charge in [0, 0.05) is 11.6 Å². The van der Waals surface area contributed by atoms with Gasteiger partial charge >= 0.3 is 0 Å². The minimum Gasteiger partial charge on any atom is -0.497 e. The second-order valence-electron chi connectivity index (χ2n) is 5.14. The van der Waals surface area contributed by atoms with Crippen LogP contribution in [0.4, 0.5) is 0 Å². The molecule has 100 valence electrons. The molecule has 1 N–H and O–H groups in total. The third-order valence-corrected chi connectivity index (χ3v) is 3.63. The first-order valence-corrected chi connectivity index (χ1v) is 6.67. The van der Waals surface area contributed by atoms with Crippen LogP contribution in [0.5, 0.6) is 11.5 Å². The zero-order valence-corrected chi connectivity index (χ0v) is 11.2. The average molecular weight is 250 g/mol. The van der Waals surface area contributed by atoms with Gasteiger partial charge in [-0.25, -0.2) is 0 Å². The quantitative estimate of drug-likeness (QED) is 0.892. The molecule has 0 saturated heterocycles. The largest absolute Gasteiger partial charge is 0.497 e. The van der Waals surface area contributed by atoms with Gasteiger partial charge in [-0.2, -0.15) is 0 Å². The summed E-state index contributed by atoms with van der Waals surface area (Å²) in [5.41, 5.74) is 0.828. The first-order valence-electron chi connectivity index (χ1n) is 6.67. The van der Waals surface area contributed by atoms with Crippen molar-refractivity contribution in [2.45, 2.75) is 45.3 Å². The lowest BCUT2D eigenvalue weighted by atomic mass is 9.88. The molecule has 0 bridgehead atoms. The Morgan fingerprint density at radius 1 is 1.33 bits per heavy atom. The number of aliphatic hydroxyl groups excluding tert-OH is 1. The van der Waals surface area contributed by atoms with Crippen molar-refractivity contribution in [1.82, 2.24) is 0 Å². The Bertz CT molecular complexity index is 389. The first kappa shape index (κ1) is 13.2. The van der Waals surface area contributed by atoms with Gasteiger partial charge in [-0.05, 0) is 37.3 Å². The van der Waals surface area contributed by atoms with E-state index in [1.807, 2.05) is 18.2 Å². The molecule has 1 fully saturated rings. The maximum atomic E-state index is 9.34. The molecule has 0 heterocycles. The van der Waals surface area contributed by atoms with Crippen LogP contribution in [0.25, 0.3) is 0 Å². The molecule has 0 aliphatic heterocycles. The predicted molar refractivity (Wildman–Crippen MR) is 71.0 cm³/mol. The van der Waals surface area contributed by atoms with Crippen LogP contribution in [0.15, 0.2) is 18.2 Å². The molecular formula is C15H22O3. The summed E-state index contributed by atoms with van der Waals surface area (Å²) in [5, 5.41) is 9.34. The zero-order valence-electron chi connectivity index (χ0n) is 11.2. The van der Waals surface area contributed by atoms with E-state index < -0.39 is 0 Å². The molecule has 2 unspecified atom stereocenters. The normalized spacial score (nSPS) is 23.7. The van der Waals surface area contributed by atoms with Crippen LogP contribution in [-0.4, -0.2) is 18.3 Å². The molecule has 1 aliphatic rings. The van der Waals surface area contributed by atoms with E-state index in [-0.39, 0.29) is 12.7 Å². The maximum absolute atomic E-state index is 9.34. The Kier molecular flexibility index (Phi) is 4.48. The molecule has 0 aromatic heterocycles. The second kappa shape index (κ2) is 6.10. The molecule has 2 atom stereocenters. The fourth-order valence-electron chi connectivity index (χ4n) is 2.57. The highest BCUT2D eigenvalue weighted by atomic mass is 16.5. The maximum Gasteiger partial charge on any atom is 0.128 e. The van der Waals surface area contributed by atoms with E-state index in [0.29, 0.717) is 0 Å². The van der Waals surface area contributed by atoms with Crippen LogP contribution in [0.2, 0.25) is 0 Å². The zero-order chi connectivity index (χ0) is 13.0. The highest BCUT2D eigenvalue weighted by molar-refractivity contribution is 5.40. The van der Waals surface area contributed by atoms with E-state index in [0.717, 1.165) is 35.8 Å². The molecule has 0 amide bonds. The van der Waals surface area contributed by atoms with Gasteiger partial charge in [0.05, 0.1) is 19.8 Å². The van der Waals surface area contributed by atoms with E-state index in [9.17, 15) is 5.11 Å². The number of methoxy groups -OCH3 is 1. The third-order valence-electron chi connectivity index (χ3n) is 3.63. The van der Waals surface area contributed by atoms with Crippen molar-refractivity contribution in [3.63, 3.8) is 0 Å². The SMILES string of the molecule is COc1ccc(CO)c(OC2CCCC(C)C2)c1. The number of rotatable bonds is 4. The van der Waals surface area contributed by atoms with E-state index in [1.165, 1.54) is 12.8 Å². The van der Waals surface area contributed by atoms with Gasteiger partial charge in [-0.1, -0.05) is 13.3 Å². The van der Waals surface area contributed by atoms with Crippen molar-refractivity contribution < 1.29 is 14.6 Å². The molecule has 1 saturated carbocycles. The summed E-state index contributed by atoms with van der Waals surface area (Å²) in [7, 11) is 1.64. The van der Waals surface area contributed by atoms with Crippen molar-refractivity contribution in [3.8, 4) is 11.5 Å². The standard InChI is InChI=1S/C15H22O3/c1-11-4-3-5-14(8-11)18-15-9-13(17-2)7-6-12(15)10-16/h6-7,9,11,14,16H,3-5,8,10H2,1-2H3. The Balaban J connectivity index is 2.11. The smallest absolute Gasteiger partial charge is 0.128 e. The van der Waals surface area contributed by atoms with Gasteiger partial charge in [0.1, 0.15) is 11.5 Å².